The van der Waals surface area contributed by atoms with Crippen LogP contribution in [0, 0.1) is 5.92 Å². The van der Waals surface area contributed by atoms with Gasteiger partial charge in [-0.25, -0.2) is 4.39 Å². The molecule has 1 aromatic carbocycles. The van der Waals surface area contributed by atoms with Crippen LogP contribution in [-0.4, -0.2) is 63.5 Å². The summed E-state index contributed by atoms with van der Waals surface area (Å²) in [5.41, 5.74) is 4.76. The van der Waals surface area contributed by atoms with Crippen LogP contribution in [0.5, 0.6) is 0 Å². The molecule has 0 unspecified atom stereocenters. The van der Waals surface area contributed by atoms with Crippen molar-refractivity contribution in [2.75, 3.05) is 32.9 Å². The number of rotatable bonds is 6. The molecule has 0 saturated carbocycles. The molecule has 162 valence electrons. The van der Waals surface area contributed by atoms with Crippen molar-refractivity contribution < 1.29 is 9.18 Å². The van der Waals surface area contributed by atoms with Gasteiger partial charge in [0.15, 0.2) is 0 Å². The maximum Gasteiger partial charge on any atom is 0.142 e. The summed E-state index contributed by atoms with van der Waals surface area (Å²) < 4.78 is 14.8. The van der Waals surface area contributed by atoms with Crippen molar-refractivity contribution in [3.05, 3.63) is 41.9 Å². The van der Waals surface area contributed by atoms with Gasteiger partial charge in [-0.05, 0) is 49.7 Å². The molecule has 1 saturated heterocycles. The van der Waals surface area contributed by atoms with Gasteiger partial charge in [0.05, 0.1) is 36.1 Å². The number of Topliss-reactive ketones (excluding diaryl/α,β-unsaturated/α-hetero) is 1. The molecule has 7 nitrogen and oxygen atoms in total. The highest BCUT2D eigenvalue weighted by atomic mass is 19.1. The number of ketones is 1. The Bertz CT molecular complexity index is 1090. The first kappa shape index (κ1) is 20.2. The Kier molecular flexibility index (Phi) is 5.74. The number of piperidine rings is 1. The smallest absolute Gasteiger partial charge is 0.142 e. The van der Waals surface area contributed by atoms with E-state index in [4.69, 9.17) is 0 Å². The molecule has 0 aliphatic carbocycles. The van der Waals surface area contributed by atoms with Crippen LogP contribution in [0.4, 0.5) is 4.39 Å². The first-order chi connectivity index (χ1) is 15.2. The summed E-state index contributed by atoms with van der Waals surface area (Å²) in [6, 6.07) is 8.07. The molecule has 8 heteroatoms. The second kappa shape index (κ2) is 8.80. The lowest BCUT2D eigenvalue weighted by atomic mass is 9.91. The van der Waals surface area contributed by atoms with E-state index in [9.17, 15) is 9.18 Å². The Balaban J connectivity index is 1.40. The number of aromatic nitrogens is 4. The first-order valence-corrected chi connectivity index (χ1v) is 11.0. The zero-order valence-corrected chi connectivity index (χ0v) is 17.6. The summed E-state index contributed by atoms with van der Waals surface area (Å²) in [5.74, 6) is 0.376. The second-order valence-corrected chi connectivity index (χ2v) is 8.47. The Labute approximate surface area is 180 Å². The lowest BCUT2D eigenvalue weighted by Gasteiger charge is -2.27. The van der Waals surface area contributed by atoms with E-state index in [1.165, 1.54) is 0 Å². The molecular weight excluding hydrogens is 395 g/mol. The number of hydrogen-bond acceptors (Lipinski definition) is 6. The third kappa shape index (κ3) is 4.22. The summed E-state index contributed by atoms with van der Waals surface area (Å²) >= 11 is 0. The molecule has 0 bridgehead atoms. The molecule has 1 N–H and O–H groups in total. The van der Waals surface area contributed by atoms with E-state index in [1.54, 1.807) is 0 Å². The van der Waals surface area contributed by atoms with E-state index in [0.717, 1.165) is 72.4 Å². The van der Waals surface area contributed by atoms with Gasteiger partial charge in [-0.15, -0.1) is 0 Å². The Morgan fingerprint density at radius 1 is 1.16 bits per heavy atom. The number of carbonyl (C=O) groups excluding carboxylic acids is 1. The van der Waals surface area contributed by atoms with E-state index in [0.29, 0.717) is 19.5 Å². The van der Waals surface area contributed by atoms with Crippen LogP contribution in [0.2, 0.25) is 0 Å². The summed E-state index contributed by atoms with van der Waals surface area (Å²) in [6.07, 6.45) is 4.02. The number of hydrogen-bond donors (Lipinski definition) is 1. The van der Waals surface area contributed by atoms with Gasteiger partial charge in [0, 0.05) is 36.5 Å². The molecule has 2 aliphatic heterocycles. The van der Waals surface area contributed by atoms with Gasteiger partial charge in [0.1, 0.15) is 12.5 Å². The number of nitrogens with one attached hydrogen (secondary N) is 1. The fourth-order valence-electron chi connectivity index (χ4n) is 4.66. The third-order valence-electron chi connectivity index (χ3n) is 6.45. The lowest BCUT2D eigenvalue weighted by Crippen LogP contribution is -2.35. The predicted molar refractivity (Wildman–Crippen MR) is 116 cm³/mol. The maximum atomic E-state index is 12.8. The zero-order chi connectivity index (χ0) is 21.2. The molecule has 3 aromatic rings. The lowest BCUT2D eigenvalue weighted by molar-refractivity contribution is -0.123. The highest BCUT2D eigenvalue weighted by Crippen LogP contribution is 2.29. The quantitative estimate of drug-likeness (QED) is 0.658. The van der Waals surface area contributed by atoms with Gasteiger partial charge in [-0.3, -0.25) is 14.4 Å². The first-order valence-electron chi connectivity index (χ1n) is 11.0. The molecule has 5 rings (SSSR count). The van der Waals surface area contributed by atoms with Crippen molar-refractivity contribution in [1.29, 1.82) is 0 Å². The van der Waals surface area contributed by atoms with Crippen LogP contribution >= 0.6 is 0 Å². The number of halogens is 1. The standard InChI is InChI=1S/C23H27FN6O/c24-5-8-29-9-10-30-22(15-29)20(14-26-30)17-1-2-21-18(11-17)12-19(27-28-21)13-23(31)16-3-6-25-7-4-16/h1-2,11-12,14,16,25H,3-10,13,15H2. The van der Waals surface area contributed by atoms with Crippen LogP contribution in [-0.2, 0) is 24.3 Å². The normalized spacial score (nSPS) is 17.7. The molecule has 0 amide bonds. The van der Waals surface area contributed by atoms with E-state index >= 15 is 0 Å². The minimum Gasteiger partial charge on any atom is -0.317 e. The van der Waals surface area contributed by atoms with Gasteiger partial charge in [-0.2, -0.15) is 15.3 Å². The monoisotopic (exact) mass is 422 g/mol. The van der Waals surface area contributed by atoms with Crippen LogP contribution < -0.4 is 5.32 Å². The van der Waals surface area contributed by atoms with Gasteiger partial charge < -0.3 is 5.32 Å². The minimum absolute atomic E-state index is 0.122. The average molecular weight is 423 g/mol. The second-order valence-electron chi connectivity index (χ2n) is 8.47. The largest absolute Gasteiger partial charge is 0.317 e. The summed E-state index contributed by atoms with van der Waals surface area (Å²) in [4.78, 5) is 14.8. The molecule has 2 aromatic heterocycles. The van der Waals surface area contributed by atoms with Crippen molar-refractivity contribution >= 4 is 16.7 Å². The molecular formula is C23H27FN6O. The number of benzene rings is 1. The number of carbonyl (C=O) groups is 1. The maximum absolute atomic E-state index is 12.8. The SMILES string of the molecule is O=C(Cc1cc2cc(-c3cnn4c3CN(CCF)CC4)ccc2nn1)C1CCNCC1. The zero-order valence-electron chi connectivity index (χ0n) is 17.6. The van der Waals surface area contributed by atoms with Gasteiger partial charge in [0.2, 0.25) is 0 Å². The minimum atomic E-state index is -0.336. The van der Waals surface area contributed by atoms with Crippen LogP contribution in [0.15, 0.2) is 30.5 Å². The predicted octanol–water partition coefficient (Wildman–Crippen LogP) is 2.39. The summed E-state index contributed by atoms with van der Waals surface area (Å²) in [5, 5.41) is 17.4. The molecule has 31 heavy (non-hydrogen) atoms. The van der Waals surface area contributed by atoms with Crippen molar-refractivity contribution in [3.63, 3.8) is 0 Å². The molecule has 0 atom stereocenters. The Hall–Kier alpha value is -2.71. The third-order valence-corrected chi connectivity index (χ3v) is 6.45. The number of nitrogens with zero attached hydrogens (tertiary/aromatic N) is 5. The van der Waals surface area contributed by atoms with E-state index in [2.05, 4.69) is 31.6 Å². The highest BCUT2D eigenvalue weighted by molar-refractivity contribution is 5.87. The van der Waals surface area contributed by atoms with Gasteiger partial charge >= 0.3 is 0 Å². The number of fused-ring (bicyclic) bond motifs is 2. The molecule has 1 fully saturated rings. The Morgan fingerprint density at radius 2 is 2.03 bits per heavy atom. The molecule has 2 aliphatic rings. The number of alkyl halides is 1. The van der Waals surface area contributed by atoms with E-state index in [-0.39, 0.29) is 18.4 Å². The summed E-state index contributed by atoms with van der Waals surface area (Å²) in [6.45, 7) is 4.21. The fraction of sp³-hybridized carbons (Fsp3) is 0.478. The van der Waals surface area contributed by atoms with E-state index in [1.807, 2.05) is 29.1 Å². The fourth-order valence-corrected chi connectivity index (χ4v) is 4.66. The molecule has 0 radical (unpaired) electrons. The van der Waals surface area contributed by atoms with Crippen molar-refractivity contribution in [2.24, 2.45) is 5.92 Å². The Morgan fingerprint density at radius 3 is 2.87 bits per heavy atom. The van der Waals surface area contributed by atoms with E-state index < -0.39 is 0 Å². The molecule has 4 heterocycles. The highest BCUT2D eigenvalue weighted by Gasteiger charge is 2.23. The topological polar surface area (TPSA) is 75.9 Å². The van der Waals surface area contributed by atoms with Crippen molar-refractivity contribution in [1.82, 2.24) is 30.2 Å². The van der Waals surface area contributed by atoms with Gasteiger partial charge in [-0.1, -0.05) is 6.07 Å². The van der Waals surface area contributed by atoms with Crippen LogP contribution in [0.25, 0.3) is 22.0 Å². The van der Waals surface area contributed by atoms with Gasteiger partial charge in [0.25, 0.3) is 0 Å². The van der Waals surface area contributed by atoms with Crippen LogP contribution in [0.1, 0.15) is 24.2 Å². The van der Waals surface area contributed by atoms with Crippen molar-refractivity contribution in [2.45, 2.75) is 32.4 Å². The van der Waals surface area contributed by atoms with Crippen molar-refractivity contribution in [3.8, 4) is 11.1 Å². The molecule has 0 spiro atoms. The summed E-state index contributed by atoms with van der Waals surface area (Å²) in [7, 11) is 0. The average Bonchev–Trinajstić information content (AvgIpc) is 3.23. The van der Waals surface area contributed by atoms with Crippen LogP contribution in [0.3, 0.4) is 0 Å².